The fraction of sp³-hybridized carbons (Fsp3) is 0.167. The van der Waals surface area contributed by atoms with Gasteiger partial charge >= 0.3 is 0 Å². The number of fused-ring (bicyclic) bond motifs is 1. The molecule has 0 aliphatic heterocycles. The van der Waals surface area contributed by atoms with E-state index in [2.05, 4.69) is 0 Å². The van der Waals surface area contributed by atoms with E-state index in [0.29, 0.717) is 45.4 Å². The van der Waals surface area contributed by atoms with Crippen LogP contribution in [-0.2, 0) is 12.8 Å². The van der Waals surface area contributed by atoms with E-state index in [0.717, 1.165) is 22.5 Å². The zero-order valence-electron chi connectivity index (χ0n) is 16.7. The summed E-state index contributed by atoms with van der Waals surface area (Å²) in [7, 11) is 3.26. The van der Waals surface area contributed by atoms with Crippen LogP contribution < -0.4 is 9.47 Å². The molecule has 1 aromatic heterocycles. The van der Waals surface area contributed by atoms with Crippen molar-refractivity contribution in [2.75, 3.05) is 14.2 Å². The lowest BCUT2D eigenvalue weighted by molar-refractivity contribution is 0.409. The normalized spacial score (nSPS) is 10.9. The van der Waals surface area contributed by atoms with Gasteiger partial charge in [0.25, 0.3) is 0 Å². The van der Waals surface area contributed by atoms with Crippen LogP contribution in [0.5, 0.6) is 11.5 Å². The Hall–Kier alpha value is -2.82. The van der Waals surface area contributed by atoms with Gasteiger partial charge in [-0.3, -0.25) is 0 Å². The molecule has 4 nitrogen and oxygen atoms in total. The van der Waals surface area contributed by atoms with Gasteiger partial charge in [-0.25, -0.2) is 9.97 Å². The number of benzene rings is 3. The third-order valence-electron chi connectivity index (χ3n) is 4.91. The van der Waals surface area contributed by atoms with E-state index >= 15 is 0 Å². The molecule has 4 aromatic rings. The molecule has 0 aliphatic carbocycles. The first-order valence-electron chi connectivity index (χ1n) is 9.46. The maximum atomic E-state index is 6.05. The Kier molecular flexibility index (Phi) is 6.07. The van der Waals surface area contributed by atoms with Crippen molar-refractivity contribution in [3.63, 3.8) is 0 Å². The van der Waals surface area contributed by atoms with E-state index in [1.54, 1.807) is 14.2 Å². The van der Waals surface area contributed by atoms with Crippen molar-refractivity contribution < 1.29 is 9.47 Å². The van der Waals surface area contributed by atoms with Gasteiger partial charge in [-0.1, -0.05) is 47.5 Å². The number of hydrogen-bond donors (Lipinski definition) is 0. The fourth-order valence-corrected chi connectivity index (χ4v) is 3.61. The van der Waals surface area contributed by atoms with Gasteiger partial charge in [-0.05, 0) is 47.5 Å². The molecule has 3 aromatic carbocycles. The fourth-order valence-electron chi connectivity index (χ4n) is 3.36. The average Bonchev–Trinajstić information content (AvgIpc) is 2.76. The molecule has 0 unspecified atom stereocenters. The number of nitrogens with zero attached hydrogens (tertiary/aromatic N) is 2. The molecule has 0 fully saturated rings. The third kappa shape index (κ3) is 4.35. The second-order valence-electron chi connectivity index (χ2n) is 6.89. The zero-order chi connectivity index (χ0) is 21.1. The molecule has 0 aliphatic rings. The molecule has 0 bridgehead atoms. The molecular weight excluding hydrogens is 419 g/mol. The van der Waals surface area contributed by atoms with Crippen LogP contribution in [0.2, 0.25) is 10.0 Å². The second-order valence-corrected chi connectivity index (χ2v) is 7.76. The summed E-state index contributed by atoms with van der Waals surface area (Å²) in [5, 5.41) is 1.41. The Morgan fingerprint density at radius 3 is 1.30 bits per heavy atom. The van der Waals surface area contributed by atoms with E-state index in [4.69, 9.17) is 42.6 Å². The van der Waals surface area contributed by atoms with Crippen molar-refractivity contribution in [2.45, 2.75) is 12.8 Å². The molecule has 0 amide bonds. The highest BCUT2D eigenvalue weighted by Gasteiger charge is 2.16. The van der Waals surface area contributed by atoms with E-state index < -0.39 is 0 Å². The van der Waals surface area contributed by atoms with Crippen molar-refractivity contribution in [1.29, 1.82) is 0 Å². The topological polar surface area (TPSA) is 44.2 Å². The van der Waals surface area contributed by atoms with Crippen molar-refractivity contribution in [3.05, 3.63) is 93.2 Å². The predicted octanol–water partition coefficient (Wildman–Crippen LogP) is 6.14. The Labute approximate surface area is 185 Å². The Morgan fingerprint density at radius 1 is 0.600 bits per heavy atom. The quantitative estimate of drug-likeness (QED) is 0.362. The summed E-state index contributed by atoms with van der Waals surface area (Å²) in [5.74, 6) is 1.32. The van der Waals surface area contributed by atoms with Crippen molar-refractivity contribution in [3.8, 4) is 11.5 Å². The molecule has 1 heterocycles. The predicted molar refractivity (Wildman–Crippen MR) is 121 cm³/mol. The minimum absolute atomic E-state index is 0.628. The highest BCUT2D eigenvalue weighted by Crippen LogP contribution is 2.32. The summed E-state index contributed by atoms with van der Waals surface area (Å²) >= 11 is 12.1. The average molecular weight is 439 g/mol. The van der Waals surface area contributed by atoms with Crippen LogP contribution in [0.3, 0.4) is 0 Å². The van der Waals surface area contributed by atoms with E-state index in [1.807, 2.05) is 60.7 Å². The van der Waals surface area contributed by atoms with Gasteiger partial charge < -0.3 is 9.47 Å². The van der Waals surface area contributed by atoms with Gasteiger partial charge in [-0.2, -0.15) is 0 Å². The number of aromatic nitrogens is 2. The highest BCUT2D eigenvalue weighted by molar-refractivity contribution is 6.30. The summed E-state index contributed by atoms with van der Waals surface area (Å²) in [6.45, 7) is 0. The lowest BCUT2D eigenvalue weighted by atomic mass is 10.0. The first kappa shape index (κ1) is 20.5. The van der Waals surface area contributed by atoms with E-state index in [-0.39, 0.29) is 0 Å². The van der Waals surface area contributed by atoms with Crippen LogP contribution in [0.25, 0.3) is 11.0 Å². The summed E-state index contributed by atoms with van der Waals surface area (Å²) in [6.07, 6.45) is 1.26. The van der Waals surface area contributed by atoms with Crippen LogP contribution in [0.15, 0.2) is 60.7 Å². The molecule has 0 radical (unpaired) electrons. The minimum atomic E-state index is 0.628. The van der Waals surface area contributed by atoms with Gasteiger partial charge in [0, 0.05) is 22.9 Å². The van der Waals surface area contributed by atoms with Gasteiger partial charge in [0.05, 0.1) is 25.6 Å². The molecule has 152 valence electrons. The van der Waals surface area contributed by atoms with E-state index in [1.165, 1.54) is 0 Å². The van der Waals surface area contributed by atoms with Gasteiger partial charge in [0.1, 0.15) is 22.5 Å². The van der Waals surface area contributed by atoms with Crippen LogP contribution in [0, 0.1) is 0 Å². The maximum Gasteiger partial charge on any atom is 0.146 e. The number of ether oxygens (including phenoxy) is 2. The SMILES string of the molecule is COc1ccc(OC)c2nc(Cc3ccc(Cl)cc3)c(Cc3ccc(Cl)cc3)nc12. The van der Waals surface area contributed by atoms with Crippen LogP contribution in [0.4, 0.5) is 0 Å². The molecule has 6 heteroatoms. The van der Waals surface area contributed by atoms with Crippen molar-refractivity contribution in [1.82, 2.24) is 9.97 Å². The molecule has 0 N–H and O–H groups in total. The van der Waals surface area contributed by atoms with Gasteiger partial charge in [0.15, 0.2) is 0 Å². The third-order valence-corrected chi connectivity index (χ3v) is 5.42. The first-order valence-corrected chi connectivity index (χ1v) is 10.2. The lowest BCUT2D eigenvalue weighted by Gasteiger charge is -2.14. The summed E-state index contributed by atoms with van der Waals surface area (Å²) in [6, 6.07) is 19.2. The monoisotopic (exact) mass is 438 g/mol. The second kappa shape index (κ2) is 8.90. The largest absolute Gasteiger partial charge is 0.494 e. The minimum Gasteiger partial charge on any atom is -0.494 e. The highest BCUT2D eigenvalue weighted by atomic mass is 35.5. The van der Waals surface area contributed by atoms with Gasteiger partial charge in [0.2, 0.25) is 0 Å². The van der Waals surface area contributed by atoms with E-state index in [9.17, 15) is 0 Å². The molecule has 0 spiro atoms. The first-order chi connectivity index (χ1) is 14.6. The number of halogens is 2. The lowest BCUT2D eigenvalue weighted by Crippen LogP contribution is -2.06. The standard InChI is InChI=1S/C24H20Cl2N2O2/c1-29-21-11-12-22(30-2)24-23(21)27-19(13-15-3-7-17(25)8-4-15)20(28-24)14-16-5-9-18(26)10-6-16/h3-12H,13-14H2,1-2H3. The smallest absolute Gasteiger partial charge is 0.146 e. The van der Waals surface area contributed by atoms with Crippen LogP contribution in [-0.4, -0.2) is 24.2 Å². The molecule has 4 rings (SSSR count). The number of hydrogen-bond acceptors (Lipinski definition) is 4. The number of methoxy groups -OCH3 is 2. The summed E-state index contributed by atoms with van der Waals surface area (Å²) in [5.41, 5.74) is 5.33. The molecule has 30 heavy (non-hydrogen) atoms. The zero-order valence-corrected chi connectivity index (χ0v) is 18.2. The molecule has 0 atom stereocenters. The summed E-state index contributed by atoms with van der Waals surface area (Å²) in [4.78, 5) is 9.92. The molecular formula is C24H20Cl2N2O2. The van der Waals surface area contributed by atoms with Gasteiger partial charge in [-0.15, -0.1) is 0 Å². The van der Waals surface area contributed by atoms with Crippen molar-refractivity contribution >= 4 is 34.2 Å². The Morgan fingerprint density at radius 2 is 0.967 bits per heavy atom. The molecule has 0 saturated carbocycles. The number of rotatable bonds is 6. The Bertz CT molecular complexity index is 1080. The summed E-state index contributed by atoms with van der Waals surface area (Å²) < 4.78 is 11.1. The maximum absolute atomic E-state index is 6.05. The van der Waals surface area contributed by atoms with Crippen molar-refractivity contribution in [2.24, 2.45) is 0 Å². The van der Waals surface area contributed by atoms with Crippen LogP contribution >= 0.6 is 23.2 Å². The molecule has 0 saturated heterocycles. The van der Waals surface area contributed by atoms with Crippen LogP contribution in [0.1, 0.15) is 22.5 Å². The Balaban J connectivity index is 1.86.